The van der Waals surface area contributed by atoms with Crippen LogP contribution in [0, 0.1) is 6.92 Å². The highest BCUT2D eigenvalue weighted by Gasteiger charge is 2.29. The van der Waals surface area contributed by atoms with Gasteiger partial charge in [0.1, 0.15) is 5.82 Å². The summed E-state index contributed by atoms with van der Waals surface area (Å²) in [6, 6.07) is 12.3. The first-order chi connectivity index (χ1) is 12.7. The van der Waals surface area contributed by atoms with E-state index in [1.165, 1.54) is 5.39 Å². The molecule has 0 bridgehead atoms. The van der Waals surface area contributed by atoms with Crippen molar-refractivity contribution in [2.75, 3.05) is 6.54 Å². The number of amides is 2. The standard InChI is InChI=1S/C20H23N5O/c1-14-21-10-9-16(23-14)13-22-20(26)25-11-5-4-8-19(25)18-12-15-6-2-3-7-17(15)24-18/h2-3,6-7,9-10,12,19,24H,4-5,8,11,13H2,1H3,(H,22,26)/t19-/m1/s1. The van der Waals surface area contributed by atoms with E-state index in [2.05, 4.69) is 38.5 Å². The average molecular weight is 349 g/mol. The van der Waals surface area contributed by atoms with Crippen molar-refractivity contribution in [3.8, 4) is 0 Å². The largest absolute Gasteiger partial charge is 0.357 e. The molecule has 0 radical (unpaired) electrons. The number of carbonyl (C=O) groups is 1. The minimum atomic E-state index is -0.0374. The third-order valence-electron chi connectivity index (χ3n) is 4.93. The Morgan fingerprint density at radius 1 is 1.31 bits per heavy atom. The summed E-state index contributed by atoms with van der Waals surface area (Å²) >= 11 is 0. The molecule has 0 unspecified atom stereocenters. The van der Waals surface area contributed by atoms with Gasteiger partial charge in [0.15, 0.2) is 0 Å². The first kappa shape index (κ1) is 16.6. The van der Waals surface area contributed by atoms with E-state index in [4.69, 9.17) is 0 Å². The van der Waals surface area contributed by atoms with Gasteiger partial charge in [0.25, 0.3) is 0 Å². The molecule has 1 saturated heterocycles. The fraction of sp³-hybridized carbons (Fsp3) is 0.350. The molecule has 3 aromatic rings. The first-order valence-electron chi connectivity index (χ1n) is 9.11. The zero-order valence-corrected chi connectivity index (χ0v) is 14.9. The van der Waals surface area contributed by atoms with Crippen molar-refractivity contribution in [3.63, 3.8) is 0 Å². The number of rotatable bonds is 3. The second kappa shape index (κ2) is 7.15. The molecule has 2 amide bonds. The summed E-state index contributed by atoms with van der Waals surface area (Å²) in [4.78, 5) is 26.7. The second-order valence-electron chi connectivity index (χ2n) is 6.77. The summed E-state index contributed by atoms with van der Waals surface area (Å²) in [7, 11) is 0. The summed E-state index contributed by atoms with van der Waals surface area (Å²) in [5, 5.41) is 4.20. The van der Waals surface area contributed by atoms with Gasteiger partial charge in [-0.05, 0) is 49.8 Å². The number of hydrogen-bond acceptors (Lipinski definition) is 3. The van der Waals surface area contributed by atoms with Crippen molar-refractivity contribution in [3.05, 3.63) is 59.8 Å². The maximum absolute atomic E-state index is 12.8. The number of aromatic nitrogens is 3. The zero-order valence-electron chi connectivity index (χ0n) is 14.9. The molecule has 1 aromatic carbocycles. The summed E-state index contributed by atoms with van der Waals surface area (Å²) in [5.74, 6) is 0.714. The minimum absolute atomic E-state index is 0.0374. The summed E-state index contributed by atoms with van der Waals surface area (Å²) in [6.45, 7) is 3.04. The third kappa shape index (κ3) is 3.40. The van der Waals surface area contributed by atoms with Gasteiger partial charge in [-0.1, -0.05) is 18.2 Å². The van der Waals surface area contributed by atoms with Gasteiger partial charge in [-0.2, -0.15) is 0 Å². The van der Waals surface area contributed by atoms with Gasteiger partial charge >= 0.3 is 6.03 Å². The van der Waals surface area contributed by atoms with E-state index in [0.717, 1.165) is 42.7 Å². The highest BCUT2D eigenvalue weighted by molar-refractivity contribution is 5.81. The molecule has 6 nitrogen and oxygen atoms in total. The van der Waals surface area contributed by atoms with Crippen LogP contribution in [0.15, 0.2) is 42.6 Å². The molecular weight excluding hydrogens is 326 g/mol. The van der Waals surface area contributed by atoms with E-state index in [1.54, 1.807) is 6.20 Å². The SMILES string of the molecule is Cc1nccc(CNC(=O)N2CCCC[C@@H]2c2cc3ccccc3[nH]2)n1. The molecule has 0 aliphatic carbocycles. The quantitative estimate of drug-likeness (QED) is 0.757. The molecule has 4 rings (SSSR count). The number of para-hydroxylation sites is 1. The molecule has 1 aliphatic heterocycles. The summed E-state index contributed by atoms with van der Waals surface area (Å²) in [6.07, 6.45) is 4.87. The van der Waals surface area contributed by atoms with Crippen LogP contribution in [0.1, 0.15) is 42.5 Å². The Morgan fingerprint density at radius 2 is 2.19 bits per heavy atom. The Balaban J connectivity index is 1.50. The summed E-state index contributed by atoms with van der Waals surface area (Å²) < 4.78 is 0. The van der Waals surface area contributed by atoms with Crippen LogP contribution >= 0.6 is 0 Å². The maximum Gasteiger partial charge on any atom is 0.318 e. The van der Waals surface area contributed by atoms with Gasteiger partial charge < -0.3 is 15.2 Å². The number of carbonyl (C=O) groups excluding carboxylic acids is 1. The van der Waals surface area contributed by atoms with E-state index in [-0.39, 0.29) is 12.1 Å². The highest BCUT2D eigenvalue weighted by atomic mass is 16.2. The van der Waals surface area contributed by atoms with Crippen LogP contribution in [0.25, 0.3) is 10.9 Å². The van der Waals surface area contributed by atoms with Crippen LogP contribution in [0.3, 0.4) is 0 Å². The normalized spacial score (nSPS) is 17.4. The lowest BCUT2D eigenvalue weighted by Gasteiger charge is -2.35. The number of benzene rings is 1. The van der Waals surface area contributed by atoms with Crippen molar-refractivity contribution in [1.82, 2.24) is 25.2 Å². The zero-order chi connectivity index (χ0) is 17.9. The van der Waals surface area contributed by atoms with Crippen LogP contribution in [-0.2, 0) is 6.54 Å². The molecular formula is C20H23N5O. The lowest BCUT2D eigenvalue weighted by Crippen LogP contribution is -2.44. The second-order valence-corrected chi connectivity index (χ2v) is 6.77. The molecule has 2 N–H and O–H groups in total. The Labute approximate surface area is 152 Å². The topological polar surface area (TPSA) is 73.9 Å². The van der Waals surface area contributed by atoms with Crippen molar-refractivity contribution >= 4 is 16.9 Å². The smallest absolute Gasteiger partial charge is 0.318 e. The van der Waals surface area contributed by atoms with Gasteiger partial charge in [0, 0.05) is 24.0 Å². The third-order valence-corrected chi connectivity index (χ3v) is 4.93. The van der Waals surface area contributed by atoms with E-state index < -0.39 is 0 Å². The molecule has 3 heterocycles. The molecule has 26 heavy (non-hydrogen) atoms. The highest BCUT2D eigenvalue weighted by Crippen LogP contribution is 2.32. The Hall–Kier alpha value is -2.89. The number of nitrogens with zero attached hydrogens (tertiary/aromatic N) is 3. The van der Waals surface area contributed by atoms with Gasteiger partial charge in [0.2, 0.25) is 0 Å². The van der Waals surface area contributed by atoms with E-state index in [1.807, 2.05) is 30.0 Å². The van der Waals surface area contributed by atoms with Crippen LogP contribution < -0.4 is 5.32 Å². The number of piperidine rings is 1. The molecule has 1 fully saturated rings. The molecule has 134 valence electrons. The molecule has 1 aliphatic rings. The number of aromatic amines is 1. The monoisotopic (exact) mass is 349 g/mol. The lowest BCUT2D eigenvalue weighted by molar-refractivity contribution is 0.149. The van der Waals surface area contributed by atoms with Crippen LogP contribution in [0.2, 0.25) is 0 Å². The molecule has 1 atom stereocenters. The van der Waals surface area contributed by atoms with Crippen molar-refractivity contribution in [1.29, 1.82) is 0 Å². The molecule has 6 heteroatoms. The number of hydrogen-bond donors (Lipinski definition) is 2. The molecule has 0 saturated carbocycles. The van der Waals surface area contributed by atoms with Crippen LogP contribution in [0.4, 0.5) is 4.79 Å². The minimum Gasteiger partial charge on any atom is -0.357 e. The predicted octanol–water partition coefficient (Wildman–Crippen LogP) is 3.70. The predicted molar refractivity (Wildman–Crippen MR) is 101 cm³/mol. The fourth-order valence-electron chi connectivity index (χ4n) is 3.64. The Kier molecular flexibility index (Phi) is 4.56. The van der Waals surface area contributed by atoms with Gasteiger partial charge in [0.05, 0.1) is 18.3 Å². The van der Waals surface area contributed by atoms with Gasteiger partial charge in [-0.15, -0.1) is 0 Å². The number of H-pyrrole nitrogens is 1. The number of likely N-dealkylation sites (tertiary alicyclic amines) is 1. The number of nitrogens with one attached hydrogen (secondary N) is 2. The van der Waals surface area contributed by atoms with E-state index in [0.29, 0.717) is 12.4 Å². The maximum atomic E-state index is 12.8. The van der Waals surface area contributed by atoms with Crippen molar-refractivity contribution < 1.29 is 4.79 Å². The van der Waals surface area contributed by atoms with Gasteiger partial charge in [-0.25, -0.2) is 14.8 Å². The van der Waals surface area contributed by atoms with Crippen molar-refractivity contribution in [2.45, 2.75) is 38.8 Å². The average Bonchev–Trinajstić information content (AvgIpc) is 3.10. The Morgan fingerprint density at radius 3 is 3.04 bits per heavy atom. The van der Waals surface area contributed by atoms with E-state index >= 15 is 0 Å². The molecule has 2 aromatic heterocycles. The molecule has 0 spiro atoms. The number of urea groups is 1. The first-order valence-corrected chi connectivity index (χ1v) is 9.11. The van der Waals surface area contributed by atoms with Crippen LogP contribution in [0.5, 0.6) is 0 Å². The fourth-order valence-corrected chi connectivity index (χ4v) is 3.64. The van der Waals surface area contributed by atoms with Crippen LogP contribution in [-0.4, -0.2) is 32.4 Å². The number of fused-ring (bicyclic) bond motifs is 1. The Bertz CT molecular complexity index is 886. The lowest BCUT2D eigenvalue weighted by atomic mass is 10.00. The van der Waals surface area contributed by atoms with E-state index in [9.17, 15) is 4.79 Å². The number of aryl methyl sites for hydroxylation is 1. The van der Waals surface area contributed by atoms with Gasteiger partial charge in [-0.3, -0.25) is 0 Å². The van der Waals surface area contributed by atoms with Crippen molar-refractivity contribution in [2.24, 2.45) is 0 Å². The summed E-state index contributed by atoms with van der Waals surface area (Å²) in [5.41, 5.74) is 3.05.